The van der Waals surface area contributed by atoms with E-state index in [9.17, 15) is 14.7 Å². The summed E-state index contributed by atoms with van der Waals surface area (Å²) in [7, 11) is 0. The molecule has 2 rings (SSSR count). The molecule has 0 spiro atoms. The summed E-state index contributed by atoms with van der Waals surface area (Å²) in [5.74, 6) is -0.276. The largest absolute Gasteiger partial charge is 0.390 e. The van der Waals surface area contributed by atoms with Gasteiger partial charge in [-0.3, -0.25) is 15.0 Å². The number of amides is 3. The van der Waals surface area contributed by atoms with Crippen molar-refractivity contribution in [3.63, 3.8) is 0 Å². The van der Waals surface area contributed by atoms with Gasteiger partial charge in [0.1, 0.15) is 0 Å². The van der Waals surface area contributed by atoms with Gasteiger partial charge in [-0.05, 0) is 32.6 Å². The van der Waals surface area contributed by atoms with Crippen molar-refractivity contribution in [2.24, 2.45) is 0 Å². The maximum atomic E-state index is 11.8. The van der Waals surface area contributed by atoms with Gasteiger partial charge in [-0.2, -0.15) is 0 Å². The number of carbonyl (C=O) groups excluding carboxylic acids is 2. The Balaban J connectivity index is 1.66. The third kappa shape index (κ3) is 4.76. The molecule has 3 N–H and O–H groups in total. The number of imide groups is 1. The summed E-state index contributed by atoms with van der Waals surface area (Å²) in [6, 6.07) is -0.168. The molecule has 20 heavy (non-hydrogen) atoms. The summed E-state index contributed by atoms with van der Waals surface area (Å²) in [4.78, 5) is 25.4. The lowest BCUT2D eigenvalue weighted by atomic mass is 9.94. The molecule has 6 nitrogen and oxygen atoms in total. The average molecular weight is 283 g/mol. The molecule has 0 radical (unpaired) electrons. The fraction of sp³-hybridized carbons (Fsp3) is 0.857. The predicted octanol–water partition coefficient (Wildman–Crippen LogP) is 0.602. The van der Waals surface area contributed by atoms with Gasteiger partial charge < -0.3 is 10.4 Å². The number of urea groups is 1. The van der Waals surface area contributed by atoms with E-state index in [1.54, 1.807) is 0 Å². The van der Waals surface area contributed by atoms with Crippen LogP contribution in [0.4, 0.5) is 4.79 Å². The van der Waals surface area contributed by atoms with Crippen molar-refractivity contribution in [2.45, 2.75) is 57.1 Å². The predicted molar refractivity (Wildman–Crippen MR) is 75.2 cm³/mol. The summed E-state index contributed by atoms with van der Waals surface area (Å²) in [5, 5.41) is 15.1. The van der Waals surface area contributed by atoms with Crippen LogP contribution in [0.15, 0.2) is 0 Å². The summed E-state index contributed by atoms with van der Waals surface area (Å²) < 4.78 is 0. The average Bonchev–Trinajstić information content (AvgIpc) is 2.84. The number of aliphatic hydroxyl groups is 1. The first-order valence-electron chi connectivity index (χ1n) is 7.50. The van der Waals surface area contributed by atoms with Crippen molar-refractivity contribution < 1.29 is 14.7 Å². The highest BCUT2D eigenvalue weighted by Gasteiger charge is 2.28. The van der Waals surface area contributed by atoms with Gasteiger partial charge in [-0.1, -0.05) is 12.8 Å². The number of hydrogen-bond acceptors (Lipinski definition) is 4. The molecule has 2 aliphatic rings. The van der Waals surface area contributed by atoms with Crippen molar-refractivity contribution in [1.82, 2.24) is 15.5 Å². The molecule has 0 aromatic heterocycles. The second-order valence-electron chi connectivity index (χ2n) is 6.28. The number of nitrogens with zero attached hydrogens (tertiary/aromatic N) is 1. The smallest absolute Gasteiger partial charge is 0.321 e. The molecule has 0 bridgehead atoms. The standard InChI is InChI=1S/C14H25N3O3/c1-14(20)6-8-17(9-7-14)10-12(18)16-13(19)15-11-4-2-3-5-11/h11,20H,2-10H2,1H3,(H2,15,16,18,19). The Morgan fingerprint density at radius 1 is 1.25 bits per heavy atom. The number of nitrogens with one attached hydrogen (secondary N) is 2. The molecule has 1 saturated heterocycles. The number of hydrogen-bond donors (Lipinski definition) is 3. The molecule has 0 aromatic carbocycles. The lowest BCUT2D eigenvalue weighted by Crippen LogP contribution is -2.49. The van der Waals surface area contributed by atoms with E-state index in [-0.39, 0.29) is 24.5 Å². The molecule has 0 unspecified atom stereocenters. The van der Waals surface area contributed by atoms with Gasteiger partial charge in [0.25, 0.3) is 0 Å². The fourth-order valence-electron chi connectivity index (χ4n) is 2.85. The Labute approximate surface area is 119 Å². The quantitative estimate of drug-likeness (QED) is 0.708. The van der Waals surface area contributed by atoms with Crippen LogP contribution in [0.5, 0.6) is 0 Å². The molecule has 6 heteroatoms. The highest BCUT2D eigenvalue weighted by molar-refractivity contribution is 5.95. The van der Waals surface area contributed by atoms with Crippen LogP contribution in [0.2, 0.25) is 0 Å². The summed E-state index contributed by atoms with van der Waals surface area (Å²) in [5.41, 5.74) is -0.618. The fourth-order valence-corrected chi connectivity index (χ4v) is 2.85. The van der Waals surface area contributed by atoms with Crippen LogP contribution >= 0.6 is 0 Å². The van der Waals surface area contributed by atoms with Crippen LogP contribution in [0.25, 0.3) is 0 Å². The van der Waals surface area contributed by atoms with Crippen molar-refractivity contribution >= 4 is 11.9 Å². The molecule has 0 aromatic rings. The number of piperidine rings is 1. The lowest BCUT2D eigenvalue weighted by Gasteiger charge is -2.35. The van der Waals surface area contributed by atoms with Crippen LogP contribution in [-0.2, 0) is 4.79 Å². The van der Waals surface area contributed by atoms with Crippen molar-refractivity contribution in [3.8, 4) is 0 Å². The van der Waals surface area contributed by atoms with Crippen molar-refractivity contribution in [1.29, 1.82) is 0 Å². The van der Waals surface area contributed by atoms with E-state index in [0.29, 0.717) is 25.9 Å². The Morgan fingerprint density at radius 2 is 1.85 bits per heavy atom. The van der Waals surface area contributed by atoms with Gasteiger partial charge >= 0.3 is 6.03 Å². The van der Waals surface area contributed by atoms with E-state index in [1.165, 1.54) is 0 Å². The number of rotatable bonds is 3. The lowest BCUT2D eigenvalue weighted by molar-refractivity contribution is -0.122. The minimum Gasteiger partial charge on any atom is -0.390 e. The number of likely N-dealkylation sites (tertiary alicyclic amines) is 1. The molecular weight excluding hydrogens is 258 g/mol. The molecule has 2 fully saturated rings. The zero-order valence-corrected chi connectivity index (χ0v) is 12.2. The van der Waals surface area contributed by atoms with Gasteiger partial charge in [-0.25, -0.2) is 4.79 Å². The summed E-state index contributed by atoms with van der Waals surface area (Å²) >= 11 is 0. The first-order valence-corrected chi connectivity index (χ1v) is 7.50. The van der Waals surface area contributed by atoms with Gasteiger partial charge in [-0.15, -0.1) is 0 Å². The maximum absolute atomic E-state index is 11.8. The Hall–Kier alpha value is -1.14. The highest BCUT2D eigenvalue weighted by atomic mass is 16.3. The summed E-state index contributed by atoms with van der Waals surface area (Å²) in [6.07, 6.45) is 5.62. The zero-order valence-electron chi connectivity index (χ0n) is 12.2. The molecule has 1 aliphatic carbocycles. The molecule has 1 saturated carbocycles. The monoisotopic (exact) mass is 283 g/mol. The zero-order chi connectivity index (χ0) is 14.6. The van der Waals surface area contributed by atoms with E-state index in [1.807, 2.05) is 11.8 Å². The van der Waals surface area contributed by atoms with Crippen LogP contribution in [-0.4, -0.2) is 53.2 Å². The maximum Gasteiger partial charge on any atom is 0.321 e. The van der Waals surface area contributed by atoms with Gasteiger partial charge in [0.15, 0.2) is 0 Å². The molecule has 0 atom stereocenters. The minimum absolute atomic E-state index is 0.216. The number of carbonyl (C=O) groups is 2. The van der Waals surface area contributed by atoms with Crippen LogP contribution in [0, 0.1) is 0 Å². The van der Waals surface area contributed by atoms with E-state index < -0.39 is 5.60 Å². The SMILES string of the molecule is CC1(O)CCN(CC(=O)NC(=O)NC2CCCC2)CC1. The molecule has 3 amide bonds. The van der Waals surface area contributed by atoms with E-state index in [2.05, 4.69) is 10.6 Å². The molecule has 1 aliphatic heterocycles. The van der Waals surface area contributed by atoms with Crippen molar-refractivity contribution in [3.05, 3.63) is 0 Å². The van der Waals surface area contributed by atoms with Gasteiger partial charge in [0, 0.05) is 19.1 Å². The summed E-state index contributed by atoms with van der Waals surface area (Å²) in [6.45, 7) is 3.41. The highest BCUT2D eigenvalue weighted by Crippen LogP contribution is 2.20. The van der Waals surface area contributed by atoms with E-state index in [0.717, 1.165) is 25.7 Å². The van der Waals surface area contributed by atoms with Crippen LogP contribution < -0.4 is 10.6 Å². The molecule has 1 heterocycles. The van der Waals surface area contributed by atoms with Crippen molar-refractivity contribution in [2.75, 3.05) is 19.6 Å². The van der Waals surface area contributed by atoms with E-state index >= 15 is 0 Å². The topological polar surface area (TPSA) is 81.7 Å². The first kappa shape index (κ1) is 15.3. The second-order valence-corrected chi connectivity index (χ2v) is 6.28. The second kappa shape index (κ2) is 6.54. The van der Waals surface area contributed by atoms with Crippen LogP contribution in [0.1, 0.15) is 45.4 Å². The van der Waals surface area contributed by atoms with E-state index in [4.69, 9.17) is 0 Å². The normalized spacial score (nSPS) is 23.5. The Bertz CT molecular complexity index is 355. The third-order valence-corrected chi connectivity index (χ3v) is 4.24. The molecular formula is C14H25N3O3. The van der Waals surface area contributed by atoms with Crippen LogP contribution in [0.3, 0.4) is 0 Å². The minimum atomic E-state index is -0.618. The third-order valence-electron chi connectivity index (χ3n) is 4.24. The Kier molecular flexibility index (Phi) is 4.99. The Morgan fingerprint density at radius 3 is 2.45 bits per heavy atom. The van der Waals surface area contributed by atoms with Gasteiger partial charge in [0.2, 0.25) is 5.91 Å². The van der Waals surface area contributed by atoms with Gasteiger partial charge in [0.05, 0.1) is 12.1 Å². The first-order chi connectivity index (χ1) is 9.44. The molecule has 114 valence electrons.